The molecular formula is C14H13IN2OS. The molecule has 2 aromatic rings. The van der Waals surface area contributed by atoms with Gasteiger partial charge in [0.25, 0.3) is 0 Å². The van der Waals surface area contributed by atoms with Crippen molar-refractivity contribution in [2.45, 2.75) is 4.90 Å². The van der Waals surface area contributed by atoms with Crippen LogP contribution in [-0.4, -0.2) is 11.7 Å². The first kappa shape index (κ1) is 14.2. The molecule has 0 fully saturated rings. The van der Waals surface area contributed by atoms with Crippen LogP contribution in [0.5, 0.6) is 0 Å². The van der Waals surface area contributed by atoms with Gasteiger partial charge in [-0.2, -0.15) is 0 Å². The van der Waals surface area contributed by atoms with Crippen LogP contribution >= 0.6 is 34.4 Å². The summed E-state index contributed by atoms with van der Waals surface area (Å²) in [6.07, 6.45) is 0. The molecule has 2 aromatic carbocycles. The molecule has 5 heteroatoms. The van der Waals surface area contributed by atoms with Crippen LogP contribution in [0.25, 0.3) is 0 Å². The van der Waals surface area contributed by atoms with Gasteiger partial charge in [0.2, 0.25) is 5.91 Å². The Morgan fingerprint density at radius 1 is 1.21 bits per heavy atom. The monoisotopic (exact) mass is 384 g/mol. The second-order valence-corrected chi connectivity index (χ2v) is 6.10. The molecule has 3 N–H and O–H groups in total. The van der Waals surface area contributed by atoms with Gasteiger partial charge >= 0.3 is 0 Å². The largest absolute Gasteiger partial charge is 0.399 e. The van der Waals surface area contributed by atoms with Gasteiger partial charge in [0, 0.05) is 14.2 Å². The molecule has 0 aliphatic carbocycles. The molecule has 0 aromatic heterocycles. The van der Waals surface area contributed by atoms with Crippen molar-refractivity contribution in [2.24, 2.45) is 0 Å². The smallest absolute Gasteiger partial charge is 0.234 e. The fourth-order valence-electron chi connectivity index (χ4n) is 1.50. The molecule has 0 saturated heterocycles. The van der Waals surface area contributed by atoms with E-state index in [1.165, 1.54) is 11.8 Å². The number of nitrogens with two attached hydrogens (primary N) is 1. The maximum Gasteiger partial charge on any atom is 0.234 e. The normalized spacial score (nSPS) is 10.2. The van der Waals surface area contributed by atoms with Gasteiger partial charge in [-0.25, -0.2) is 0 Å². The topological polar surface area (TPSA) is 55.1 Å². The Kier molecular flexibility index (Phi) is 5.09. The Labute approximate surface area is 130 Å². The fraction of sp³-hybridized carbons (Fsp3) is 0.0714. The molecule has 98 valence electrons. The summed E-state index contributed by atoms with van der Waals surface area (Å²) in [4.78, 5) is 12.9. The van der Waals surface area contributed by atoms with Crippen LogP contribution in [0.3, 0.4) is 0 Å². The van der Waals surface area contributed by atoms with Gasteiger partial charge in [-0.05, 0) is 52.9 Å². The van der Waals surface area contributed by atoms with E-state index >= 15 is 0 Å². The Morgan fingerprint density at radius 2 is 2.00 bits per heavy atom. The number of benzene rings is 2. The van der Waals surface area contributed by atoms with Gasteiger partial charge in [0.1, 0.15) is 0 Å². The number of hydrogen-bond acceptors (Lipinski definition) is 3. The number of amides is 1. The fourth-order valence-corrected chi connectivity index (χ4v) is 2.79. The Hall–Kier alpha value is -1.21. The molecule has 0 aliphatic heterocycles. The lowest BCUT2D eigenvalue weighted by molar-refractivity contribution is -0.113. The molecule has 0 spiro atoms. The first-order chi connectivity index (χ1) is 9.15. The first-order valence-corrected chi connectivity index (χ1v) is 7.74. The minimum Gasteiger partial charge on any atom is -0.399 e. The highest BCUT2D eigenvalue weighted by atomic mass is 127. The summed E-state index contributed by atoms with van der Waals surface area (Å²) in [7, 11) is 0. The number of thioether (sulfide) groups is 1. The zero-order chi connectivity index (χ0) is 13.7. The molecule has 0 heterocycles. The average Bonchev–Trinajstić information content (AvgIpc) is 2.39. The molecule has 0 unspecified atom stereocenters. The summed E-state index contributed by atoms with van der Waals surface area (Å²) in [5, 5.41) is 2.90. The van der Waals surface area contributed by atoms with E-state index in [0.29, 0.717) is 11.4 Å². The van der Waals surface area contributed by atoms with E-state index in [1.807, 2.05) is 48.5 Å². The van der Waals surface area contributed by atoms with Gasteiger partial charge in [-0.3, -0.25) is 4.79 Å². The van der Waals surface area contributed by atoms with Crippen molar-refractivity contribution in [2.75, 3.05) is 16.8 Å². The minimum atomic E-state index is -0.0171. The number of halogens is 1. The SMILES string of the molecule is Nc1cccc(SCC(=O)Nc2ccccc2I)c1. The third-order valence-corrected chi connectivity index (χ3v) is 4.31. The number of nitrogen functional groups attached to an aromatic ring is 1. The van der Waals surface area contributed by atoms with Crippen molar-refractivity contribution in [3.05, 3.63) is 52.1 Å². The molecule has 0 atom stereocenters. The number of carbonyl (C=O) groups excluding carboxylic acids is 1. The van der Waals surface area contributed by atoms with Crippen LogP contribution in [-0.2, 0) is 4.79 Å². The Balaban J connectivity index is 1.90. The molecule has 0 radical (unpaired) electrons. The molecule has 1 amide bonds. The van der Waals surface area contributed by atoms with Crippen LogP contribution in [0.2, 0.25) is 0 Å². The van der Waals surface area contributed by atoms with Crippen LogP contribution in [0.1, 0.15) is 0 Å². The van der Waals surface area contributed by atoms with Crippen molar-refractivity contribution >= 4 is 51.6 Å². The van der Waals surface area contributed by atoms with Crippen molar-refractivity contribution < 1.29 is 4.79 Å². The highest BCUT2D eigenvalue weighted by Crippen LogP contribution is 2.21. The van der Waals surface area contributed by atoms with Crippen molar-refractivity contribution in [1.29, 1.82) is 0 Å². The minimum absolute atomic E-state index is 0.0171. The number of carbonyl (C=O) groups is 1. The number of para-hydroxylation sites is 1. The van der Waals surface area contributed by atoms with Crippen molar-refractivity contribution in [1.82, 2.24) is 0 Å². The summed E-state index contributed by atoms with van der Waals surface area (Å²) >= 11 is 3.67. The molecule has 2 rings (SSSR count). The van der Waals surface area contributed by atoms with Crippen LogP contribution in [0, 0.1) is 3.57 Å². The molecule has 3 nitrogen and oxygen atoms in total. The van der Waals surface area contributed by atoms with Gasteiger partial charge in [-0.15, -0.1) is 11.8 Å². The standard InChI is InChI=1S/C14H13IN2OS/c15-12-6-1-2-7-13(12)17-14(18)9-19-11-5-3-4-10(16)8-11/h1-8H,9,16H2,(H,17,18). The van der Waals surface area contributed by atoms with E-state index in [1.54, 1.807) is 0 Å². The summed E-state index contributed by atoms with van der Waals surface area (Å²) in [5.74, 6) is 0.352. The molecular weight excluding hydrogens is 371 g/mol. The number of rotatable bonds is 4. The first-order valence-electron chi connectivity index (χ1n) is 5.68. The van der Waals surface area contributed by atoms with E-state index in [0.717, 1.165) is 14.2 Å². The van der Waals surface area contributed by atoms with E-state index in [4.69, 9.17) is 5.73 Å². The molecule has 0 saturated carbocycles. The third-order valence-electron chi connectivity index (χ3n) is 2.38. The summed E-state index contributed by atoms with van der Waals surface area (Å²) in [5.41, 5.74) is 7.25. The second kappa shape index (κ2) is 6.81. The van der Waals surface area contributed by atoms with Gasteiger partial charge in [0.05, 0.1) is 11.4 Å². The number of nitrogens with one attached hydrogen (secondary N) is 1. The van der Waals surface area contributed by atoms with E-state index in [9.17, 15) is 4.79 Å². The highest BCUT2D eigenvalue weighted by molar-refractivity contribution is 14.1. The highest BCUT2D eigenvalue weighted by Gasteiger charge is 2.05. The number of hydrogen-bond donors (Lipinski definition) is 2. The third kappa shape index (κ3) is 4.43. The van der Waals surface area contributed by atoms with Crippen molar-refractivity contribution in [3.63, 3.8) is 0 Å². The summed E-state index contributed by atoms with van der Waals surface area (Å²) in [6.45, 7) is 0. The molecule has 0 bridgehead atoms. The van der Waals surface area contributed by atoms with E-state index < -0.39 is 0 Å². The average molecular weight is 384 g/mol. The van der Waals surface area contributed by atoms with Crippen LogP contribution in [0.4, 0.5) is 11.4 Å². The second-order valence-electron chi connectivity index (χ2n) is 3.89. The zero-order valence-electron chi connectivity index (χ0n) is 10.1. The van der Waals surface area contributed by atoms with Gasteiger partial charge < -0.3 is 11.1 Å². The molecule has 0 aliphatic rings. The van der Waals surface area contributed by atoms with Crippen molar-refractivity contribution in [3.8, 4) is 0 Å². The van der Waals surface area contributed by atoms with Crippen LogP contribution < -0.4 is 11.1 Å². The maximum absolute atomic E-state index is 11.9. The van der Waals surface area contributed by atoms with E-state index in [-0.39, 0.29) is 5.91 Å². The van der Waals surface area contributed by atoms with Crippen LogP contribution in [0.15, 0.2) is 53.4 Å². The molecule has 19 heavy (non-hydrogen) atoms. The lowest BCUT2D eigenvalue weighted by Crippen LogP contribution is -2.14. The quantitative estimate of drug-likeness (QED) is 0.481. The lowest BCUT2D eigenvalue weighted by atomic mass is 10.3. The zero-order valence-corrected chi connectivity index (χ0v) is 13.1. The lowest BCUT2D eigenvalue weighted by Gasteiger charge is -2.07. The Bertz CT molecular complexity index is 589. The summed E-state index contributed by atoms with van der Waals surface area (Å²) in [6, 6.07) is 15.2. The maximum atomic E-state index is 11.9. The number of anilines is 2. The predicted molar refractivity (Wildman–Crippen MR) is 89.4 cm³/mol. The predicted octanol–water partition coefficient (Wildman–Crippen LogP) is 3.60. The van der Waals surface area contributed by atoms with Gasteiger partial charge in [0.15, 0.2) is 0 Å². The summed E-state index contributed by atoms with van der Waals surface area (Å²) < 4.78 is 1.03. The van der Waals surface area contributed by atoms with E-state index in [2.05, 4.69) is 27.9 Å². The van der Waals surface area contributed by atoms with Gasteiger partial charge in [-0.1, -0.05) is 18.2 Å². The Morgan fingerprint density at radius 3 is 2.74 bits per heavy atom.